The Morgan fingerprint density at radius 3 is 2.97 bits per heavy atom. The molecule has 0 spiro atoms. The average molecular weight is 482 g/mol. The minimum atomic E-state index is -0.503. The molecule has 1 fully saturated rings. The van der Waals surface area contributed by atoms with Gasteiger partial charge in [-0.25, -0.2) is 14.8 Å². The molecule has 2 aliphatic rings. The molecule has 3 aromatic heterocycles. The number of carbonyl (C=O) groups is 2. The van der Waals surface area contributed by atoms with Gasteiger partial charge in [-0.05, 0) is 45.6 Å². The Balaban J connectivity index is 1.16. The number of H-pyrrole nitrogens is 1. The lowest BCUT2D eigenvalue weighted by Crippen LogP contribution is -2.35. The molecule has 1 unspecified atom stereocenters. The lowest BCUT2D eigenvalue weighted by atomic mass is 10.0. The molecule has 186 valence electrons. The zero-order chi connectivity index (χ0) is 24.6. The maximum absolute atomic E-state index is 12.9. The van der Waals surface area contributed by atoms with E-state index in [0.29, 0.717) is 44.2 Å². The number of carbonyl (C=O) groups excluding carboxylic acids is 2. The molecule has 1 saturated heterocycles. The van der Waals surface area contributed by atoms with Crippen LogP contribution in [0.5, 0.6) is 0 Å². The summed E-state index contributed by atoms with van der Waals surface area (Å²) in [6, 6.07) is 1.95. The lowest BCUT2D eigenvalue weighted by molar-refractivity contribution is 0.0287. The van der Waals surface area contributed by atoms with E-state index in [9.17, 15) is 9.59 Å². The zero-order valence-electron chi connectivity index (χ0n) is 20.3. The van der Waals surface area contributed by atoms with Crippen molar-refractivity contribution in [3.8, 4) is 0 Å². The van der Waals surface area contributed by atoms with E-state index in [1.54, 1.807) is 4.90 Å². The number of likely N-dealkylation sites (tertiary alicyclic amines) is 1. The van der Waals surface area contributed by atoms with E-state index in [-0.39, 0.29) is 12.0 Å². The predicted octanol–water partition coefficient (Wildman–Crippen LogP) is 2.89. The number of fused-ring (bicyclic) bond motifs is 2. The second-order valence-electron chi connectivity index (χ2n) is 10.2. The van der Waals surface area contributed by atoms with Gasteiger partial charge in [0.2, 0.25) is 0 Å². The number of hydrogen-bond donors (Lipinski definition) is 2. The van der Waals surface area contributed by atoms with Crippen molar-refractivity contribution in [2.24, 2.45) is 5.92 Å². The van der Waals surface area contributed by atoms with Gasteiger partial charge in [0.1, 0.15) is 29.2 Å². The number of nitrogens with one attached hydrogen (secondary N) is 2. The molecule has 0 radical (unpaired) electrons. The number of hydrogen-bond acceptors (Lipinski definition) is 8. The molecule has 0 bridgehead atoms. The molecular weight excluding hydrogens is 450 g/mol. The largest absolute Gasteiger partial charge is 0.444 e. The topological polar surface area (TPSA) is 129 Å². The molecule has 11 nitrogen and oxygen atoms in total. The molecule has 0 aliphatic carbocycles. The second kappa shape index (κ2) is 9.20. The van der Waals surface area contributed by atoms with Crippen molar-refractivity contribution in [1.29, 1.82) is 0 Å². The molecule has 2 aliphatic heterocycles. The lowest BCUT2D eigenvalue weighted by Gasteiger charge is -2.27. The maximum Gasteiger partial charge on any atom is 0.410 e. The van der Waals surface area contributed by atoms with E-state index < -0.39 is 5.60 Å². The normalized spacial score (nSPS) is 18.1. The fraction of sp³-hybridized carbons (Fsp3) is 0.542. The first-order chi connectivity index (χ1) is 16.8. The van der Waals surface area contributed by atoms with Gasteiger partial charge in [0.15, 0.2) is 5.69 Å². The monoisotopic (exact) mass is 481 g/mol. The van der Waals surface area contributed by atoms with Crippen molar-refractivity contribution in [3.05, 3.63) is 35.6 Å². The highest BCUT2D eigenvalue weighted by molar-refractivity contribution is 5.94. The van der Waals surface area contributed by atoms with Crippen molar-refractivity contribution < 1.29 is 18.8 Å². The first-order valence-corrected chi connectivity index (χ1v) is 12.0. The quantitative estimate of drug-likeness (QED) is 0.569. The first kappa shape index (κ1) is 23.1. The smallest absolute Gasteiger partial charge is 0.410 e. The average Bonchev–Trinajstić information content (AvgIpc) is 3.56. The highest BCUT2D eigenvalue weighted by Gasteiger charge is 2.31. The summed E-state index contributed by atoms with van der Waals surface area (Å²) < 4.78 is 10.9. The Morgan fingerprint density at radius 1 is 1.29 bits per heavy atom. The van der Waals surface area contributed by atoms with E-state index in [1.807, 2.05) is 33.0 Å². The highest BCUT2D eigenvalue weighted by atomic mass is 16.6. The van der Waals surface area contributed by atoms with Crippen LogP contribution in [0.2, 0.25) is 0 Å². The van der Waals surface area contributed by atoms with Gasteiger partial charge in [-0.3, -0.25) is 4.79 Å². The standard InChI is InChI=1S/C24H31N7O4/c1-24(2,3)34-23(33)31-10-6-15(12-31)4-8-26-22(32)19-17-13-30(11-7-18(17)35-29-19)21-16-5-9-25-20(16)27-14-28-21/h5,9,14-15H,4,6-8,10-13H2,1-3H3,(H,26,32)(H,25,27,28). The third kappa shape index (κ3) is 4.94. The number of rotatable bonds is 5. The van der Waals surface area contributed by atoms with E-state index in [4.69, 9.17) is 9.26 Å². The molecule has 2 N–H and O–H groups in total. The molecule has 35 heavy (non-hydrogen) atoms. The maximum atomic E-state index is 12.9. The predicted molar refractivity (Wildman–Crippen MR) is 128 cm³/mol. The van der Waals surface area contributed by atoms with Gasteiger partial charge in [-0.2, -0.15) is 0 Å². The zero-order valence-corrected chi connectivity index (χ0v) is 20.3. The highest BCUT2D eigenvalue weighted by Crippen LogP contribution is 2.29. The molecule has 0 aromatic carbocycles. The van der Waals surface area contributed by atoms with Crippen molar-refractivity contribution >= 4 is 28.9 Å². The Morgan fingerprint density at radius 2 is 2.14 bits per heavy atom. The number of aromatic nitrogens is 4. The minimum absolute atomic E-state index is 0.242. The Bertz CT molecular complexity index is 1230. The SMILES string of the molecule is CC(C)(C)OC(=O)N1CCC(CCNC(=O)c2noc3c2CN(c2ncnc4[nH]ccc24)CC3)C1. The van der Waals surface area contributed by atoms with Crippen molar-refractivity contribution in [3.63, 3.8) is 0 Å². The number of aromatic amines is 1. The Kier molecular flexibility index (Phi) is 6.08. The third-order valence-corrected chi connectivity index (χ3v) is 6.45. The summed E-state index contributed by atoms with van der Waals surface area (Å²) >= 11 is 0. The minimum Gasteiger partial charge on any atom is -0.444 e. The van der Waals surface area contributed by atoms with Gasteiger partial charge in [-0.1, -0.05) is 5.16 Å². The molecule has 11 heteroatoms. The van der Waals surface area contributed by atoms with E-state index in [1.165, 1.54) is 6.33 Å². The summed E-state index contributed by atoms with van der Waals surface area (Å²) in [6.45, 7) is 8.64. The number of ether oxygens (including phenoxy) is 1. The van der Waals surface area contributed by atoms with Gasteiger partial charge in [-0.15, -0.1) is 0 Å². The molecule has 2 amide bonds. The molecule has 0 saturated carbocycles. The second-order valence-corrected chi connectivity index (χ2v) is 10.2. The van der Waals surface area contributed by atoms with Crippen LogP contribution in [-0.4, -0.2) is 68.8 Å². The fourth-order valence-corrected chi connectivity index (χ4v) is 4.71. The van der Waals surface area contributed by atoms with Crippen molar-refractivity contribution in [2.45, 2.75) is 52.2 Å². The van der Waals surface area contributed by atoms with E-state index in [0.717, 1.165) is 47.6 Å². The summed E-state index contributed by atoms with van der Waals surface area (Å²) in [5.74, 6) is 1.65. The summed E-state index contributed by atoms with van der Waals surface area (Å²) in [5, 5.41) is 8.00. The van der Waals surface area contributed by atoms with E-state index >= 15 is 0 Å². The van der Waals surface area contributed by atoms with Gasteiger partial charge < -0.3 is 29.4 Å². The Labute approximate surface area is 203 Å². The summed E-state index contributed by atoms with van der Waals surface area (Å²) in [4.78, 5) is 40.9. The first-order valence-electron chi connectivity index (χ1n) is 12.0. The number of nitrogens with zero attached hydrogens (tertiary/aromatic N) is 5. The summed E-state index contributed by atoms with van der Waals surface area (Å²) in [6.07, 6.45) is 5.43. The van der Waals surface area contributed by atoms with Gasteiger partial charge in [0, 0.05) is 44.4 Å². The van der Waals surface area contributed by atoms with Gasteiger partial charge >= 0.3 is 6.09 Å². The summed E-state index contributed by atoms with van der Waals surface area (Å²) in [7, 11) is 0. The van der Waals surface area contributed by atoms with Crippen LogP contribution in [0.3, 0.4) is 0 Å². The summed E-state index contributed by atoms with van der Waals surface area (Å²) in [5.41, 5.74) is 1.40. The molecule has 1 atom stereocenters. The van der Waals surface area contributed by atoms with Crippen LogP contribution in [-0.2, 0) is 17.7 Å². The van der Waals surface area contributed by atoms with Crippen LogP contribution in [0, 0.1) is 5.92 Å². The van der Waals surface area contributed by atoms with Crippen LogP contribution >= 0.6 is 0 Å². The van der Waals surface area contributed by atoms with Crippen LogP contribution in [0.25, 0.3) is 11.0 Å². The van der Waals surface area contributed by atoms with Crippen LogP contribution in [0.4, 0.5) is 10.6 Å². The molecule has 5 rings (SSSR count). The molecular formula is C24H31N7O4. The fourth-order valence-electron chi connectivity index (χ4n) is 4.71. The third-order valence-electron chi connectivity index (χ3n) is 6.45. The molecule has 3 aromatic rings. The van der Waals surface area contributed by atoms with Gasteiger partial charge in [0.25, 0.3) is 5.91 Å². The van der Waals surface area contributed by atoms with E-state index in [2.05, 4.69) is 30.3 Å². The Hall–Kier alpha value is -3.63. The van der Waals surface area contributed by atoms with Crippen molar-refractivity contribution in [2.75, 3.05) is 31.1 Å². The van der Waals surface area contributed by atoms with Gasteiger partial charge in [0.05, 0.1) is 11.9 Å². The number of amides is 2. The van der Waals surface area contributed by atoms with Crippen LogP contribution in [0.15, 0.2) is 23.1 Å². The van der Waals surface area contributed by atoms with Crippen LogP contribution < -0.4 is 10.2 Å². The molecule has 5 heterocycles. The van der Waals surface area contributed by atoms with Crippen LogP contribution in [0.1, 0.15) is 55.4 Å². The number of anilines is 1. The van der Waals surface area contributed by atoms with Crippen molar-refractivity contribution in [1.82, 2.24) is 30.3 Å².